The van der Waals surface area contributed by atoms with Gasteiger partial charge in [-0.05, 0) is 140 Å². The van der Waals surface area contributed by atoms with Crippen molar-refractivity contribution < 1.29 is 45.4 Å². The second-order valence-electron chi connectivity index (χ2n) is 15.5. The normalized spacial score (nSPS) is 43.2. The number of halogens is 6. The molecule has 0 spiro atoms. The van der Waals surface area contributed by atoms with Gasteiger partial charge in [-0.25, -0.2) is 0 Å². The molecule has 6 saturated carbocycles. The molecule has 6 bridgehead atoms. The van der Waals surface area contributed by atoms with Crippen LogP contribution >= 0.6 is 0 Å². The van der Waals surface area contributed by atoms with Crippen LogP contribution in [0, 0.1) is 58.2 Å². The molecule has 0 aromatic carbocycles. The summed E-state index contributed by atoms with van der Waals surface area (Å²) in [7, 11) is 0. The van der Waals surface area contributed by atoms with Crippen LogP contribution in [0.4, 0.5) is 26.3 Å². The SMILES string of the molecule is CC1C2CC(C1CCC(C)(C(=O)OC1(C)C3CC4CC(C3)CC1C4)C(F)(F)F)C(C(=O)OC(C)(C)C)(C(F)(F)F)C2. The number of ether oxygens (including phenoxy) is 2. The number of hydrogen-bond acceptors (Lipinski definition) is 4. The molecule has 41 heavy (non-hydrogen) atoms. The minimum atomic E-state index is -4.94. The van der Waals surface area contributed by atoms with E-state index >= 15 is 0 Å². The maximum absolute atomic E-state index is 14.7. The van der Waals surface area contributed by atoms with Crippen molar-refractivity contribution in [3.8, 4) is 0 Å². The highest BCUT2D eigenvalue weighted by Crippen LogP contribution is 2.68. The zero-order valence-corrected chi connectivity index (χ0v) is 24.9. The Kier molecular flexibility index (Phi) is 7.18. The van der Waals surface area contributed by atoms with Gasteiger partial charge in [-0.2, -0.15) is 26.3 Å². The van der Waals surface area contributed by atoms with Crippen LogP contribution in [-0.4, -0.2) is 35.5 Å². The van der Waals surface area contributed by atoms with E-state index in [9.17, 15) is 35.9 Å². The van der Waals surface area contributed by atoms with E-state index in [1.165, 1.54) is 20.8 Å². The molecule has 6 unspecified atom stereocenters. The highest BCUT2D eigenvalue weighted by molar-refractivity contribution is 5.80. The van der Waals surface area contributed by atoms with Crippen LogP contribution in [0.1, 0.15) is 99.3 Å². The first kappa shape index (κ1) is 31.0. The Morgan fingerprint density at radius 2 is 1.39 bits per heavy atom. The van der Waals surface area contributed by atoms with Crippen molar-refractivity contribution in [2.45, 2.75) is 123 Å². The van der Waals surface area contributed by atoms with Gasteiger partial charge in [-0.3, -0.25) is 9.59 Å². The van der Waals surface area contributed by atoms with Gasteiger partial charge in [0.25, 0.3) is 0 Å². The average molecular weight is 595 g/mol. The van der Waals surface area contributed by atoms with E-state index in [1.807, 2.05) is 0 Å². The predicted molar refractivity (Wildman–Crippen MR) is 138 cm³/mol. The summed E-state index contributed by atoms with van der Waals surface area (Å²) >= 11 is 0. The third-order valence-electron chi connectivity index (χ3n) is 12.1. The van der Waals surface area contributed by atoms with Crippen molar-refractivity contribution in [3.63, 3.8) is 0 Å². The Hall–Kier alpha value is -1.48. The molecule has 0 amide bonds. The van der Waals surface area contributed by atoms with E-state index in [-0.39, 0.29) is 30.6 Å². The van der Waals surface area contributed by atoms with E-state index in [2.05, 4.69) is 0 Å². The third-order valence-corrected chi connectivity index (χ3v) is 12.1. The smallest absolute Gasteiger partial charge is 0.405 e. The van der Waals surface area contributed by atoms with Crippen LogP contribution in [0.5, 0.6) is 0 Å². The molecule has 0 aromatic heterocycles. The average Bonchev–Trinajstić information content (AvgIpc) is 3.35. The minimum Gasteiger partial charge on any atom is -0.459 e. The Balaban J connectivity index is 1.37. The van der Waals surface area contributed by atoms with Crippen molar-refractivity contribution >= 4 is 11.9 Å². The topological polar surface area (TPSA) is 52.6 Å². The monoisotopic (exact) mass is 594 g/mol. The fourth-order valence-electron chi connectivity index (χ4n) is 9.76. The highest BCUT2D eigenvalue weighted by Gasteiger charge is 2.74. The standard InChI is InChI=1S/C31H44F6O4/c1-16-19-14-23(29(15-19,31(35,36)37)25(39)40-26(2,3)4)22(16)7-8-27(5,30(32,33)34)24(38)41-28(6)20-10-17-9-18(12-20)13-21(28)11-17/h16-23H,7-15H2,1-6H3. The maximum atomic E-state index is 14.7. The minimum absolute atomic E-state index is 0.0343. The molecular weight excluding hydrogens is 550 g/mol. The van der Waals surface area contributed by atoms with Crippen LogP contribution in [0.25, 0.3) is 0 Å². The molecule has 4 nitrogen and oxygen atoms in total. The molecule has 6 aliphatic rings. The van der Waals surface area contributed by atoms with Gasteiger partial charge in [0.1, 0.15) is 11.2 Å². The second-order valence-corrected chi connectivity index (χ2v) is 15.5. The lowest BCUT2D eigenvalue weighted by Crippen LogP contribution is -2.60. The Morgan fingerprint density at radius 3 is 1.83 bits per heavy atom. The zero-order chi connectivity index (χ0) is 30.6. The largest absolute Gasteiger partial charge is 0.459 e. The Labute approximate surface area is 238 Å². The Morgan fingerprint density at radius 1 is 0.854 bits per heavy atom. The quantitative estimate of drug-likeness (QED) is 0.229. The van der Waals surface area contributed by atoms with Crippen molar-refractivity contribution in [2.24, 2.45) is 58.2 Å². The summed E-state index contributed by atoms with van der Waals surface area (Å²) in [6.45, 7) is 8.85. The first-order valence-corrected chi connectivity index (χ1v) is 15.2. The van der Waals surface area contributed by atoms with Gasteiger partial charge in [0, 0.05) is 0 Å². The number of fused-ring (bicyclic) bond motifs is 2. The van der Waals surface area contributed by atoms with Crippen molar-refractivity contribution in [2.75, 3.05) is 0 Å². The van der Waals surface area contributed by atoms with Gasteiger partial charge in [0.2, 0.25) is 0 Å². The predicted octanol–water partition coefficient (Wildman–Crippen LogP) is 8.28. The number of esters is 2. The highest BCUT2D eigenvalue weighted by atomic mass is 19.4. The summed E-state index contributed by atoms with van der Waals surface area (Å²) in [5.41, 5.74) is -7.73. The van der Waals surface area contributed by atoms with E-state index in [0.29, 0.717) is 11.8 Å². The lowest BCUT2D eigenvalue weighted by Gasteiger charge is -2.59. The summed E-state index contributed by atoms with van der Waals surface area (Å²) in [5.74, 6) is -4.32. The first-order valence-electron chi connectivity index (χ1n) is 15.2. The van der Waals surface area contributed by atoms with E-state index in [1.54, 1.807) is 13.8 Å². The number of carbonyl (C=O) groups excluding carboxylic acids is 2. The van der Waals surface area contributed by atoms with Gasteiger partial charge in [-0.15, -0.1) is 0 Å². The maximum Gasteiger partial charge on any atom is 0.405 e. The summed E-state index contributed by atoms with van der Waals surface area (Å²) in [6.07, 6.45) is -6.57. The van der Waals surface area contributed by atoms with Crippen LogP contribution in [0.2, 0.25) is 0 Å². The van der Waals surface area contributed by atoms with E-state index in [4.69, 9.17) is 9.47 Å². The van der Waals surface area contributed by atoms with Gasteiger partial charge < -0.3 is 9.47 Å². The van der Waals surface area contributed by atoms with E-state index < -0.39 is 76.9 Å². The number of carbonyl (C=O) groups is 2. The van der Waals surface area contributed by atoms with Crippen molar-refractivity contribution in [3.05, 3.63) is 0 Å². The lowest BCUT2D eigenvalue weighted by atomic mass is 9.50. The summed E-state index contributed by atoms with van der Waals surface area (Å²) in [4.78, 5) is 26.6. The number of alkyl halides is 6. The lowest BCUT2D eigenvalue weighted by molar-refractivity contribution is -0.264. The molecule has 10 heteroatoms. The second kappa shape index (κ2) is 9.51. The fourth-order valence-corrected chi connectivity index (χ4v) is 9.76. The molecule has 0 saturated heterocycles. The van der Waals surface area contributed by atoms with Crippen LogP contribution in [-0.2, 0) is 19.1 Å². The molecule has 0 radical (unpaired) electrons. The molecule has 6 aliphatic carbocycles. The molecule has 234 valence electrons. The summed E-state index contributed by atoms with van der Waals surface area (Å²) in [5, 5.41) is 0. The molecule has 6 fully saturated rings. The first-order chi connectivity index (χ1) is 18.6. The molecule has 6 atom stereocenters. The van der Waals surface area contributed by atoms with Gasteiger partial charge in [0.05, 0.1) is 0 Å². The van der Waals surface area contributed by atoms with E-state index in [0.717, 1.165) is 39.0 Å². The third kappa shape index (κ3) is 4.79. The summed E-state index contributed by atoms with van der Waals surface area (Å²) in [6, 6.07) is 0. The number of rotatable bonds is 6. The van der Waals surface area contributed by atoms with Gasteiger partial charge in [0.15, 0.2) is 10.8 Å². The Bertz CT molecular complexity index is 1030. The molecular formula is C31H44F6O4. The van der Waals surface area contributed by atoms with Crippen LogP contribution in [0.15, 0.2) is 0 Å². The number of hydrogen-bond donors (Lipinski definition) is 0. The van der Waals surface area contributed by atoms with Gasteiger partial charge >= 0.3 is 24.3 Å². The molecule has 6 rings (SSSR count). The van der Waals surface area contributed by atoms with Crippen LogP contribution < -0.4 is 0 Å². The zero-order valence-electron chi connectivity index (χ0n) is 24.9. The molecule has 0 N–H and O–H groups in total. The molecule has 0 aliphatic heterocycles. The van der Waals surface area contributed by atoms with Crippen molar-refractivity contribution in [1.82, 2.24) is 0 Å². The van der Waals surface area contributed by atoms with Crippen molar-refractivity contribution in [1.29, 1.82) is 0 Å². The fraction of sp³-hybridized carbons (Fsp3) is 0.935. The van der Waals surface area contributed by atoms with Crippen LogP contribution in [0.3, 0.4) is 0 Å². The molecule has 0 heterocycles. The molecule has 0 aromatic rings. The van der Waals surface area contributed by atoms with Gasteiger partial charge in [-0.1, -0.05) is 6.92 Å². The summed E-state index contributed by atoms with van der Waals surface area (Å²) < 4.78 is 99.1.